The van der Waals surface area contributed by atoms with Crippen LogP contribution >= 0.6 is 0 Å². The molecule has 3 aromatic rings. The lowest BCUT2D eigenvalue weighted by atomic mass is 9.96. The molecule has 9 heteroatoms. The van der Waals surface area contributed by atoms with Gasteiger partial charge in [0.2, 0.25) is 0 Å². The number of aliphatic hydroxyl groups is 1. The maximum Gasteiger partial charge on any atom is 0.295 e. The second-order valence-corrected chi connectivity index (χ2v) is 7.74. The number of likely N-dealkylation sites (tertiary alicyclic amines) is 1. The first kappa shape index (κ1) is 22.3. The minimum atomic E-state index is -0.870. The third-order valence-electron chi connectivity index (χ3n) is 5.74. The molecule has 1 aliphatic rings. The molecule has 2 aromatic heterocycles. The van der Waals surface area contributed by atoms with E-state index in [0.717, 1.165) is 0 Å². The molecule has 1 aromatic carbocycles. The van der Waals surface area contributed by atoms with Crippen molar-refractivity contribution in [3.63, 3.8) is 0 Å². The molecular formula is C24H25N3O6. The number of pyridine rings is 1. The van der Waals surface area contributed by atoms with Gasteiger partial charge in [0.25, 0.3) is 11.7 Å². The van der Waals surface area contributed by atoms with Gasteiger partial charge in [-0.1, -0.05) is 12.1 Å². The van der Waals surface area contributed by atoms with Crippen LogP contribution in [0.25, 0.3) is 11.4 Å². The van der Waals surface area contributed by atoms with Gasteiger partial charge in [0, 0.05) is 26.5 Å². The predicted octanol–water partition coefficient (Wildman–Crippen LogP) is 2.82. The molecule has 1 unspecified atom stereocenters. The Bertz CT molecular complexity index is 1260. The van der Waals surface area contributed by atoms with Crippen molar-refractivity contribution < 1.29 is 29.3 Å². The molecule has 0 bridgehead atoms. The quantitative estimate of drug-likeness (QED) is 0.246. The van der Waals surface area contributed by atoms with Crippen LogP contribution in [0.15, 0.2) is 48.2 Å². The molecule has 9 nitrogen and oxygen atoms in total. The van der Waals surface area contributed by atoms with E-state index in [1.54, 1.807) is 48.9 Å². The molecular weight excluding hydrogens is 426 g/mol. The number of phenols is 1. The smallest absolute Gasteiger partial charge is 0.295 e. The van der Waals surface area contributed by atoms with E-state index >= 15 is 0 Å². The van der Waals surface area contributed by atoms with Crippen LogP contribution in [0.2, 0.25) is 0 Å². The number of benzene rings is 1. The molecule has 0 saturated carbocycles. The second kappa shape index (κ2) is 8.95. The van der Waals surface area contributed by atoms with E-state index in [2.05, 4.69) is 4.98 Å². The summed E-state index contributed by atoms with van der Waals surface area (Å²) in [5.41, 5.74) is 1.95. The lowest BCUT2D eigenvalue weighted by molar-refractivity contribution is -0.140. The van der Waals surface area contributed by atoms with Crippen LogP contribution in [0.4, 0.5) is 0 Å². The average Bonchev–Trinajstić information content (AvgIpc) is 3.27. The highest BCUT2D eigenvalue weighted by molar-refractivity contribution is 6.46. The molecule has 172 valence electrons. The number of aromatic hydroxyl groups is 1. The Morgan fingerprint density at radius 3 is 2.70 bits per heavy atom. The third-order valence-corrected chi connectivity index (χ3v) is 5.74. The molecule has 1 fully saturated rings. The summed E-state index contributed by atoms with van der Waals surface area (Å²) >= 11 is 0. The number of imidazole rings is 1. The summed E-state index contributed by atoms with van der Waals surface area (Å²) in [4.78, 5) is 32.1. The molecule has 1 saturated heterocycles. The van der Waals surface area contributed by atoms with E-state index in [-0.39, 0.29) is 29.4 Å². The number of aromatic nitrogens is 2. The van der Waals surface area contributed by atoms with Crippen LogP contribution in [0.1, 0.15) is 29.4 Å². The number of rotatable bonds is 7. The summed E-state index contributed by atoms with van der Waals surface area (Å²) in [5.74, 6) is -1.68. The standard InChI is InChI=1S/C24H25N3O6/c1-14-20(26-10-5-4-7-18(26)25-14)22(29)19-21(15-8-9-16(28)17(13-15)33-3)27(11-6-12-32-2)24(31)23(19)30/h4-5,7-10,13,21,28-29H,6,11-12H2,1-3H3. The Balaban J connectivity index is 1.93. The summed E-state index contributed by atoms with van der Waals surface area (Å²) in [6.45, 7) is 2.38. The normalized spacial score (nSPS) is 17.8. The molecule has 1 atom stereocenters. The van der Waals surface area contributed by atoms with Crippen LogP contribution in [0, 0.1) is 6.92 Å². The lowest BCUT2D eigenvalue weighted by Gasteiger charge is -2.25. The Morgan fingerprint density at radius 1 is 1.18 bits per heavy atom. The highest BCUT2D eigenvalue weighted by atomic mass is 16.5. The van der Waals surface area contributed by atoms with Crippen LogP contribution in [-0.2, 0) is 14.3 Å². The summed E-state index contributed by atoms with van der Waals surface area (Å²) in [7, 11) is 2.97. The largest absolute Gasteiger partial charge is 0.505 e. The first-order valence-electron chi connectivity index (χ1n) is 10.5. The van der Waals surface area contributed by atoms with Crippen molar-refractivity contribution in [3.8, 4) is 11.5 Å². The Kier molecular flexibility index (Phi) is 6.06. The van der Waals surface area contributed by atoms with E-state index in [4.69, 9.17) is 9.47 Å². The zero-order valence-electron chi connectivity index (χ0n) is 18.6. The fourth-order valence-corrected chi connectivity index (χ4v) is 4.23. The number of methoxy groups -OCH3 is 2. The number of fused-ring (bicyclic) bond motifs is 1. The molecule has 1 aliphatic heterocycles. The van der Waals surface area contributed by atoms with Gasteiger partial charge in [0.1, 0.15) is 11.3 Å². The van der Waals surface area contributed by atoms with Gasteiger partial charge >= 0.3 is 0 Å². The fourth-order valence-electron chi connectivity index (χ4n) is 4.23. The number of ether oxygens (including phenoxy) is 2. The maximum absolute atomic E-state index is 13.2. The monoisotopic (exact) mass is 451 g/mol. The zero-order valence-corrected chi connectivity index (χ0v) is 18.6. The molecule has 0 aliphatic carbocycles. The van der Waals surface area contributed by atoms with Gasteiger partial charge in [-0.15, -0.1) is 0 Å². The van der Waals surface area contributed by atoms with E-state index in [1.165, 1.54) is 18.1 Å². The van der Waals surface area contributed by atoms with Crippen molar-refractivity contribution in [2.45, 2.75) is 19.4 Å². The maximum atomic E-state index is 13.2. The number of carbonyl (C=O) groups is 2. The topological polar surface area (TPSA) is 114 Å². The number of aryl methyl sites for hydroxylation is 1. The molecule has 3 heterocycles. The van der Waals surface area contributed by atoms with Gasteiger partial charge in [-0.2, -0.15) is 0 Å². The number of hydrogen-bond donors (Lipinski definition) is 2. The third kappa shape index (κ3) is 3.80. The molecule has 2 N–H and O–H groups in total. The molecule has 33 heavy (non-hydrogen) atoms. The van der Waals surface area contributed by atoms with E-state index < -0.39 is 17.7 Å². The SMILES string of the molecule is COCCCN1C(=O)C(=O)C(=C(O)c2c(C)nc3ccccn23)C1c1ccc(O)c(OC)c1. The van der Waals surface area contributed by atoms with E-state index in [0.29, 0.717) is 35.6 Å². The van der Waals surface area contributed by atoms with Crippen molar-refractivity contribution in [1.82, 2.24) is 14.3 Å². The van der Waals surface area contributed by atoms with Crippen molar-refractivity contribution in [3.05, 3.63) is 65.1 Å². The van der Waals surface area contributed by atoms with Crippen molar-refractivity contribution in [1.29, 1.82) is 0 Å². The molecule has 4 rings (SSSR count). The fraction of sp³-hybridized carbons (Fsp3) is 0.292. The lowest BCUT2D eigenvalue weighted by Crippen LogP contribution is -2.31. The van der Waals surface area contributed by atoms with Gasteiger partial charge in [-0.25, -0.2) is 4.98 Å². The van der Waals surface area contributed by atoms with Crippen molar-refractivity contribution in [2.24, 2.45) is 0 Å². The number of hydrogen-bond acceptors (Lipinski definition) is 7. The summed E-state index contributed by atoms with van der Waals surface area (Å²) in [6.07, 6.45) is 2.24. The van der Waals surface area contributed by atoms with Crippen LogP contribution in [-0.4, -0.2) is 63.6 Å². The molecule has 0 radical (unpaired) electrons. The highest BCUT2D eigenvalue weighted by Gasteiger charge is 2.46. The van der Waals surface area contributed by atoms with Crippen molar-refractivity contribution >= 4 is 23.1 Å². The number of phenolic OH excluding ortho intramolecular Hbond substituents is 1. The number of carbonyl (C=O) groups excluding carboxylic acids is 2. The van der Waals surface area contributed by atoms with Gasteiger partial charge in [0.15, 0.2) is 17.3 Å². The predicted molar refractivity (Wildman–Crippen MR) is 120 cm³/mol. The summed E-state index contributed by atoms with van der Waals surface area (Å²) in [5, 5.41) is 21.4. The molecule has 1 amide bonds. The van der Waals surface area contributed by atoms with Gasteiger partial charge in [-0.05, 0) is 43.2 Å². The van der Waals surface area contributed by atoms with E-state index in [1.807, 2.05) is 6.07 Å². The number of amides is 1. The number of nitrogens with zero attached hydrogens (tertiary/aromatic N) is 3. The number of ketones is 1. The van der Waals surface area contributed by atoms with Gasteiger partial charge < -0.3 is 24.6 Å². The first-order chi connectivity index (χ1) is 15.9. The molecule has 0 spiro atoms. The van der Waals surface area contributed by atoms with E-state index in [9.17, 15) is 19.8 Å². The van der Waals surface area contributed by atoms with Gasteiger partial charge in [0.05, 0.1) is 24.4 Å². The van der Waals surface area contributed by atoms with Crippen LogP contribution in [0.3, 0.4) is 0 Å². The Hall–Kier alpha value is -3.85. The average molecular weight is 451 g/mol. The number of Topliss-reactive ketones (excluding diaryl/α,β-unsaturated/α-hetero) is 1. The minimum absolute atomic E-state index is 0.0427. The van der Waals surface area contributed by atoms with Crippen molar-refractivity contribution in [2.75, 3.05) is 27.4 Å². The first-order valence-corrected chi connectivity index (χ1v) is 10.5. The van der Waals surface area contributed by atoms with Crippen LogP contribution < -0.4 is 4.74 Å². The second-order valence-electron chi connectivity index (χ2n) is 7.74. The highest BCUT2D eigenvalue weighted by Crippen LogP contribution is 2.42. The Labute approximate surface area is 190 Å². The number of aliphatic hydroxyl groups excluding tert-OH is 1. The summed E-state index contributed by atoms with van der Waals surface area (Å²) < 4.78 is 12.0. The van der Waals surface area contributed by atoms with Crippen LogP contribution in [0.5, 0.6) is 11.5 Å². The minimum Gasteiger partial charge on any atom is -0.505 e. The summed E-state index contributed by atoms with van der Waals surface area (Å²) in [6, 6.07) is 9.12. The van der Waals surface area contributed by atoms with Gasteiger partial charge in [-0.3, -0.25) is 14.0 Å². The zero-order chi connectivity index (χ0) is 23.7. The Morgan fingerprint density at radius 2 is 1.97 bits per heavy atom.